The predicted octanol–water partition coefficient (Wildman–Crippen LogP) is 0.719. The first-order chi connectivity index (χ1) is 15.1. The molecule has 15 heteroatoms. The van der Waals surface area contributed by atoms with Crippen LogP contribution in [0.4, 0.5) is 5.69 Å². The molecule has 1 aliphatic rings. The number of hydrogen-bond donors (Lipinski definition) is 2. The zero-order valence-electron chi connectivity index (χ0n) is 16.3. The number of carbonyl (C=O) groups excluding carboxylic acids is 1. The number of sulfonamides is 2. The van der Waals surface area contributed by atoms with E-state index in [0.717, 1.165) is 11.3 Å². The van der Waals surface area contributed by atoms with Crippen LogP contribution in [0.1, 0.15) is 10.7 Å². The van der Waals surface area contributed by atoms with Gasteiger partial charge in [0.05, 0.1) is 18.1 Å². The van der Waals surface area contributed by atoms with Gasteiger partial charge in [-0.1, -0.05) is 5.16 Å². The van der Waals surface area contributed by atoms with Gasteiger partial charge in [-0.15, -0.1) is 11.3 Å². The molecule has 1 amide bonds. The third kappa shape index (κ3) is 4.81. The minimum absolute atomic E-state index is 0.0334. The van der Waals surface area contributed by atoms with Crippen molar-refractivity contribution < 1.29 is 30.9 Å². The lowest BCUT2D eigenvalue weighted by Crippen LogP contribution is -2.40. The second-order valence-corrected chi connectivity index (χ2v) is 11.0. The molecule has 12 nitrogen and oxygen atoms in total. The van der Waals surface area contributed by atoms with E-state index in [1.165, 1.54) is 40.6 Å². The van der Waals surface area contributed by atoms with Gasteiger partial charge in [-0.3, -0.25) is 9.52 Å². The molecular formula is C17H17N5O7S3. The molecular weight excluding hydrogens is 482 g/mol. The molecule has 1 fully saturated rings. The van der Waals surface area contributed by atoms with Crippen molar-refractivity contribution in [3.8, 4) is 11.4 Å². The third-order valence-corrected chi connectivity index (χ3v) is 8.19. The van der Waals surface area contributed by atoms with E-state index in [0.29, 0.717) is 31.9 Å². The van der Waals surface area contributed by atoms with E-state index in [1.54, 1.807) is 0 Å². The maximum atomic E-state index is 12.7. The van der Waals surface area contributed by atoms with Crippen molar-refractivity contribution >= 4 is 43.0 Å². The average molecular weight is 500 g/mol. The molecule has 170 valence electrons. The van der Waals surface area contributed by atoms with Gasteiger partial charge in [-0.25, -0.2) is 22.0 Å². The highest BCUT2D eigenvalue weighted by Crippen LogP contribution is 2.28. The van der Waals surface area contributed by atoms with Crippen molar-refractivity contribution in [1.29, 1.82) is 0 Å². The van der Waals surface area contributed by atoms with Crippen LogP contribution in [0, 0.1) is 0 Å². The molecule has 32 heavy (non-hydrogen) atoms. The number of amides is 1. The summed E-state index contributed by atoms with van der Waals surface area (Å²) >= 11 is 0.924. The van der Waals surface area contributed by atoms with Gasteiger partial charge in [0.15, 0.2) is 0 Å². The second-order valence-electron chi connectivity index (χ2n) is 6.66. The van der Waals surface area contributed by atoms with Gasteiger partial charge in [0.1, 0.15) is 4.21 Å². The molecule has 1 saturated heterocycles. The largest absolute Gasteiger partial charge is 0.378 e. The van der Waals surface area contributed by atoms with Crippen molar-refractivity contribution in [2.24, 2.45) is 5.14 Å². The zero-order valence-corrected chi connectivity index (χ0v) is 18.7. The van der Waals surface area contributed by atoms with E-state index in [-0.39, 0.29) is 26.5 Å². The summed E-state index contributed by atoms with van der Waals surface area (Å²) in [6.07, 6.45) is 0. The summed E-state index contributed by atoms with van der Waals surface area (Å²) in [5.74, 6) is -0.526. The molecule has 3 heterocycles. The standard InChI is InChI=1S/C17H17N5O7S3/c18-31(24,25)13-3-1-12(2-4-13)21-32(26,27)14-9-11(10-30-14)15-19-16(29-20-15)17(23)22-5-7-28-8-6-22/h1-4,9-10,21H,5-8H2,(H2,18,24,25). The molecule has 3 N–H and O–H groups in total. The fourth-order valence-corrected chi connectivity index (χ4v) is 5.55. The quantitative estimate of drug-likeness (QED) is 0.495. The molecule has 4 rings (SSSR count). The van der Waals surface area contributed by atoms with Crippen LogP contribution in [-0.2, 0) is 24.8 Å². The number of anilines is 1. The Kier molecular flexibility index (Phi) is 6.00. The fraction of sp³-hybridized carbons (Fsp3) is 0.235. The monoisotopic (exact) mass is 499 g/mol. The number of ether oxygens (including phenoxy) is 1. The van der Waals surface area contributed by atoms with E-state index in [1.807, 2.05) is 0 Å². The molecule has 1 aromatic carbocycles. The highest BCUT2D eigenvalue weighted by atomic mass is 32.2. The van der Waals surface area contributed by atoms with Gasteiger partial charge in [0.2, 0.25) is 15.8 Å². The summed E-state index contributed by atoms with van der Waals surface area (Å²) in [6, 6.07) is 6.31. The maximum Gasteiger partial charge on any atom is 0.316 e. The van der Waals surface area contributed by atoms with Crippen molar-refractivity contribution in [3.05, 3.63) is 41.6 Å². The number of morpholine rings is 1. The van der Waals surface area contributed by atoms with Crippen molar-refractivity contribution in [1.82, 2.24) is 15.0 Å². The number of carbonyl (C=O) groups is 1. The van der Waals surface area contributed by atoms with E-state index < -0.39 is 26.0 Å². The predicted molar refractivity (Wildman–Crippen MR) is 113 cm³/mol. The van der Waals surface area contributed by atoms with Crippen LogP contribution >= 0.6 is 11.3 Å². The number of hydrogen-bond acceptors (Lipinski definition) is 10. The first kappa shape index (κ1) is 22.3. The Labute approximate surface area is 187 Å². The SMILES string of the molecule is NS(=O)(=O)c1ccc(NS(=O)(=O)c2cc(-c3noc(C(=O)N4CCOCC4)n3)cs2)cc1. The highest BCUT2D eigenvalue weighted by Gasteiger charge is 2.25. The van der Waals surface area contributed by atoms with E-state index in [4.69, 9.17) is 14.4 Å². The first-order valence-corrected chi connectivity index (χ1v) is 13.0. The number of benzene rings is 1. The van der Waals surface area contributed by atoms with Gasteiger partial charge in [-0.2, -0.15) is 4.98 Å². The molecule has 2 aromatic heterocycles. The van der Waals surface area contributed by atoms with Gasteiger partial charge < -0.3 is 14.2 Å². The van der Waals surface area contributed by atoms with Crippen LogP contribution in [0.2, 0.25) is 0 Å². The Morgan fingerprint density at radius 2 is 1.81 bits per heavy atom. The zero-order chi connectivity index (χ0) is 22.9. The van der Waals surface area contributed by atoms with Gasteiger partial charge >= 0.3 is 11.8 Å². The van der Waals surface area contributed by atoms with Gasteiger partial charge in [0, 0.05) is 29.7 Å². The van der Waals surface area contributed by atoms with Crippen LogP contribution in [0.3, 0.4) is 0 Å². The lowest BCUT2D eigenvalue weighted by Gasteiger charge is -2.25. The molecule has 0 bridgehead atoms. The summed E-state index contributed by atoms with van der Waals surface area (Å²) in [5.41, 5.74) is 0.523. The summed E-state index contributed by atoms with van der Waals surface area (Å²) < 4.78 is 60.5. The van der Waals surface area contributed by atoms with Crippen molar-refractivity contribution in [2.75, 3.05) is 31.0 Å². The molecule has 0 atom stereocenters. The normalized spacial score (nSPS) is 15.0. The summed E-state index contributed by atoms with van der Waals surface area (Å²) in [7, 11) is -7.85. The summed E-state index contributed by atoms with van der Waals surface area (Å²) in [5, 5.41) is 10.3. The Hall–Kier alpha value is -2.85. The van der Waals surface area contributed by atoms with E-state index in [9.17, 15) is 21.6 Å². The smallest absolute Gasteiger partial charge is 0.316 e. The summed E-state index contributed by atoms with van der Waals surface area (Å²) in [6.45, 7) is 1.69. The van der Waals surface area contributed by atoms with Gasteiger partial charge in [-0.05, 0) is 30.3 Å². The Bertz CT molecular complexity index is 1340. The molecule has 0 aliphatic carbocycles. The fourth-order valence-electron chi connectivity index (χ4n) is 2.82. The maximum absolute atomic E-state index is 12.7. The molecule has 0 spiro atoms. The first-order valence-electron chi connectivity index (χ1n) is 9.09. The highest BCUT2D eigenvalue weighted by molar-refractivity contribution is 7.94. The Morgan fingerprint density at radius 1 is 1.12 bits per heavy atom. The number of primary sulfonamides is 1. The van der Waals surface area contributed by atoms with Crippen LogP contribution < -0.4 is 9.86 Å². The Balaban J connectivity index is 1.49. The third-order valence-electron chi connectivity index (χ3n) is 4.44. The van der Waals surface area contributed by atoms with Crippen molar-refractivity contribution in [2.45, 2.75) is 9.10 Å². The lowest BCUT2D eigenvalue weighted by molar-refractivity contribution is 0.0272. The summed E-state index contributed by atoms with van der Waals surface area (Å²) in [4.78, 5) is 17.9. The number of nitrogens with zero attached hydrogens (tertiary/aromatic N) is 3. The minimum atomic E-state index is -3.96. The molecule has 3 aromatic rings. The van der Waals surface area contributed by atoms with Crippen LogP contribution in [0.5, 0.6) is 0 Å². The number of thiophene rings is 1. The van der Waals surface area contributed by atoms with Crippen molar-refractivity contribution in [3.63, 3.8) is 0 Å². The number of aromatic nitrogens is 2. The van der Waals surface area contributed by atoms with Gasteiger partial charge in [0.25, 0.3) is 10.0 Å². The lowest BCUT2D eigenvalue weighted by atomic mass is 10.3. The van der Waals surface area contributed by atoms with Crippen LogP contribution in [0.25, 0.3) is 11.4 Å². The van der Waals surface area contributed by atoms with Crippen LogP contribution in [0.15, 0.2) is 49.3 Å². The number of rotatable bonds is 6. The topological polar surface area (TPSA) is 175 Å². The molecule has 0 saturated carbocycles. The number of nitrogens with two attached hydrogens (primary N) is 1. The molecule has 0 radical (unpaired) electrons. The second kappa shape index (κ2) is 8.59. The number of nitrogens with one attached hydrogen (secondary N) is 1. The Morgan fingerprint density at radius 3 is 2.47 bits per heavy atom. The minimum Gasteiger partial charge on any atom is -0.378 e. The molecule has 1 aliphatic heterocycles. The average Bonchev–Trinajstić information content (AvgIpc) is 3.43. The van der Waals surface area contributed by atoms with E-state index >= 15 is 0 Å². The van der Waals surface area contributed by atoms with E-state index in [2.05, 4.69) is 14.9 Å². The van der Waals surface area contributed by atoms with Crippen LogP contribution in [-0.4, -0.2) is 64.1 Å². The molecule has 0 unspecified atom stereocenters.